The molecular weight excluding hydrogens is 298 g/mol. The highest BCUT2D eigenvalue weighted by Gasteiger charge is 2.65. The summed E-state index contributed by atoms with van der Waals surface area (Å²) in [4.78, 5) is 15.2. The molecule has 1 heterocycles. The van der Waals surface area contributed by atoms with E-state index in [0.29, 0.717) is 24.7 Å². The summed E-state index contributed by atoms with van der Waals surface area (Å²) in [5.41, 5.74) is 2.58. The Bertz CT molecular complexity index is 682. The Balaban J connectivity index is 1.66. The number of likely N-dealkylation sites (tertiary alicyclic amines) is 1. The Hall–Kier alpha value is -1.19. The van der Waals surface area contributed by atoms with Crippen molar-refractivity contribution in [3.8, 4) is 0 Å². The summed E-state index contributed by atoms with van der Waals surface area (Å²) < 4.78 is 6.38. The lowest BCUT2D eigenvalue weighted by molar-refractivity contribution is -0.187. The molecule has 1 aromatic carbocycles. The molecule has 3 heteroatoms. The zero-order valence-electron chi connectivity index (χ0n) is 14.6. The molecule has 3 nitrogen and oxygen atoms in total. The van der Waals surface area contributed by atoms with Crippen molar-refractivity contribution >= 4 is 5.78 Å². The number of fused-ring (bicyclic) bond motifs is 1. The summed E-state index contributed by atoms with van der Waals surface area (Å²) in [6.07, 6.45) is 7.17. The fourth-order valence-corrected chi connectivity index (χ4v) is 6.12. The van der Waals surface area contributed by atoms with Crippen LogP contribution in [-0.2, 0) is 21.4 Å². The first-order valence-corrected chi connectivity index (χ1v) is 9.58. The molecule has 0 amide bonds. The van der Waals surface area contributed by atoms with Crippen LogP contribution in [-0.4, -0.2) is 42.5 Å². The molecule has 0 aromatic heterocycles. The lowest BCUT2D eigenvalue weighted by atomic mass is 9.49. The summed E-state index contributed by atoms with van der Waals surface area (Å²) in [5, 5.41) is 0. The highest BCUT2D eigenvalue weighted by atomic mass is 16.5. The smallest absolute Gasteiger partial charge is 0.134 e. The quantitative estimate of drug-likeness (QED) is 0.855. The van der Waals surface area contributed by atoms with Crippen molar-refractivity contribution in [2.45, 2.75) is 62.0 Å². The average Bonchev–Trinajstić information content (AvgIpc) is 3.41. The van der Waals surface area contributed by atoms with Gasteiger partial charge in [-0.15, -0.1) is 0 Å². The lowest BCUT2D eigenvalue weighted by Crippen LogP contribution is -2.74. The summed E-state index contributed by atoms with van der Waals surface area (Å²) in [6.45, 7) is 2.34. The summed E-state index contributed by atoms with van der Waals surface area (Å²) in [5.74, 6) is 1.32. The number of ether oxygens (including phenoxy) is 1. The molecule has 128 valence electrons. The Kier molecular flexibility index (Phi) is 3.24. The van der Waals surface area contributed by atoms with Gasteiger partial charge in [0.1, 0.15) is 5.78 Å². The number of hydrogen-bond donors (Lipinski definition) is 0. The van der Waals surface area contributed by atoms with Crippen molar-refractivity contribution in [2.75, 3.05) is 20.2 Å². The second-order valence-electron chi connectivity index (χ2n) is 8.46. The van der Waals surface area contributed by atoms with Crippen LogP contribution in [0.4, 0.5) is 0 Å². The number of nitrogens with zero attached hydrogens (tertiary/aromatic N) is 1. The van der Waals surface area contributed by atoms with Gasteiger partial charge in [0.25, 0.3) is 0 Å². The molecule has 5 rings (SSSR count). The SMILES string of the molecule is CO[C@@]12CCC(=O)C[C@@]13CCN(CC1CC1)[C@@H]2Cc1ccccc13. The second kappa shape index (κ2) is 5.15. The molecule has 0 radical (unpaired) electrons. The van der Waals surface area contributed by atoms with Gasteiger partial charge < -0.3 is 4.74 Å². The number of hydrogen-bond acceptors (Lipinski definition) is 3. The van der Waals surface area contributed by atoms with Crippen LogP contribution in [0.25, 0.3) is 0 Å². The zero-order valence-corrected chi connectivity index (χ0v) is 14.6. The molecule has 4 aliphatic rings. The van der Waals surface area contributed by atoms with Crippen LogP contribution in [0.2, 0.25) is 0 Å². The van der Waals surface area contributed by atoms with Crippen LogP contribution < -0.4 is 0 Å². The predicted octanol–water partition coefficient (Wildman–Crippen LogP) is 3.10. The molecule has 1 aliphatic heterocycles. The first-order chi connectivity index (χ1) is 11.7. The van der Waals surface area contributed by atoms with Crippen LogP contribution in [0.1, 0.15) is 49.7 Å². The first kappa shape index (κ1) is 15.1. The molecule has 3 aliphatic carbocycles. The third-order valence-corrected chi connectivity index (χ3v) is 7.39. The van der Waals surface area contributed by atoms with Crippen molar-refractivity contribution < 1.29 is 9.53 Å². The Labute approximate surface area is 144 Å². The van der Waals surface area contributed by atoms with Gasteiger partial charge in [-0.2, -0.15) is 0 Å². The van der Waals surface area contributed by atoms with E-state index in [9.17, 15) is 4.79 Å². The fourth-order valence-electron chi connectivity index (χ4n) is 6.12. The molecule has 0 unspecified atom stereocenters. The maximum absolute atomic E-state index is 12.5. The van der Waals surface area contributed by atoms with Gasteiger partial charge in [-0.3, -0.25) is 9.69 Å². The van der Waals surface area contributed by atoms with Gasteiger partial charge in [0.05, 0.1) is 5.60 Å². The van der Waals surface area contributed by atoms with Crippen LogP contribution >= 0.6 is 0 Å². The van der Waals surface area contributed by atoms with Gasteiger partial charge in [-0.1, -0.05) is 24.3 Å². The molecule has 3 fully saturated rings. The van der Waals surface area contributed by atoms with Crippen molar-refractivity contribution in [3.05, 3.63) is 35.4 Å². The van der Waals surface area contributed by atoms with Gasteiger partial charge in [-0.05, 0) is 55.7 Å². The Morgan fingerprint density at radius 2 is 2.08 bits per heavy atom. The lowest BCUT2D eigenvalue weighted by Gasteiger charge is -2.65. The van der Waals surface area contributed by atoms with Crippen molar-refractivity contribution in [1.29, 1.82) is 0 Å². The molecule has 1 aromatic rings. The van der Waals surface area contributed by atoms with Gasteiger partial charge in [0, 0.05) is 38.0 Å². The predicted molar refractivity (Wildman–Crippen MR) is 93.1 cm³/mol. The van der Waals surface area contributed by atoms with E-state index < -0.39 is 0 Å². The molecule has 3 atom stereocenters. The van der Waals surface area contributed by atoms with Gasteiger partial charge in [-0.25, -0.2) is 0 Å². The number of ketones is 1. The van der Waals surface area contributed by atoms with Crippen LogP contribution in [0.5, 0.6) is 0 Å². The van der Waals surface area contributed by atoms with Crippen LogP contribution in [0, 0.1) is 5.92 Å². The monoisotopic (exact) mass is 325 g/mol. The van der Waals surface area contributed by atoms with E-state index in [-0.39, 0.29) is 11.0 Å². The number of rotatable bonds is 3. The average molecular weight is 325 g/mol. The highest BCUT2D eigenvalue weighted by Crippen LogP contribution is 2.59. The number of carbonyl (C=O) groups is 1. The van der Waals surface area contributed by atoms with Gasteiger partial charge in [0.15, 0.2) is 0 Å². The standard InChI is InChI=1S/C21H27NO2/c1-24-21-9-8-17(23)13-20(21)10-11-22(14-15-6-7-15)19(21)12-16-4-2-3-5-18(16)20/h2-5,15,19H,6-14H2,1H3/t19-,20-,21-/m1/s1. The van der Waals surface area contributed by atoms with Crippen molar-refractivity contribution in [1.82, 2.24) is 4.90 Å². The van der Waals surface area contributed by atoms with Gasteiger partial charge in [0.2, 0.25) is 0 Å². The molecule has 2 bridgehead atoms. The number of piperidine rings is 1. The number of benzene rings is 1. The molecule has 24 heavy (non-hydrogen) atoms. The van der Waals surface area contributed by atoms with Crippen molar-refractivity contribution in [3.63, 3.8) is 0 Å². The summed E-state index contributed by atoms with van der Waals surface area (Å²) in [7, 11) is 1.89. The third-order valence-electron chi connectivity index (χ3n) is 7.39. The molecular formula is C21H27NO2. The Morgan fingerprint density at radius 3 is 2.88 bits per heavy atom. The van der Waals surface area contributed by atoms with Crippen LogP contribution in [0.15, 0.2) is 24.3 Å². The normalized spacial score (nSPS) is 38.5. The summed E-state index contributed by atoms with van der Waals surface area (Å²) in [6, 6.07) is 9.28. The summed E-state index contributed by atoms with van der Waals surface area (Å²) >= 11 is 0. The number of Topliss-reactive ketones (excluding diaryl/α,β-unsaturated/α-hetero) is 1. The van der Waals surface area contributed by atoms with E-state index >= 15 is 0 Å². The van der Waals surface area contributed by atoms with E-state index in [1.165, 1.54) is 30.5 Å². The topological polar surface area (TPSA) is 29.5 Å². The van der Waals surface area contributed by atoms with E-state index in [2.05, 4.69) is 29.2 Å². The van der Waals surface area contributed by atoms with E-state index in [4.69, 9.17) is 4.74 Å². The molecule has 0 N–H and O–H groups in total. The first-order valence-electron chi connectivity index (χ1n) is 9.58. The minimum Gasteiger partial charge on any atom is -0.376 e. The highest BCUT2D eigenvalue weighted by molar-refractivity contribution is 5.82. The third kappa shape index (κ3) is 1.89. The van der Waals surface area contributed by atoms with E-state index in [1.807, 2.05) is 7.11 Å². The zero-order chi connectivity index (χ0) is 16.4. The molecule has 0 spiro atoms. The van der Waals surface area contributed by atoms with Gasteiger partial charge >= 0.3 is 0 Å². The minimum absolute atomic E-state index is 0.101. The van der Waals surface area contributed by atoms with Crippen molar-refractivity contribution in [2.24, 2.45) is 5.92 Å². The maximum atomic E-state index is 12.5. The Morgan fingerprint density at radius 1 is 1.25 bits per heavy atom. The fraction of sp³-hybridized carbons (Fsp3) is 0.667. The largest absolute Gasteiger partial charge is 0.376 e. The van der Waals surface area contributed by atoms with Crippen LogP contribution in [0.3, 0.4) is 0 Å². The van der Waals surface area contributed by atoms with E-state index in [1.54, 1.807) is 0 Å². The number of methoxy groups -OCH3 is 1. The molecule has 2 saturated carbocycles. The van der Waals surface area contributed by atoms with E-state index in [0.717, 1.165) is 31.7 Å². The number of carbonyl (C=O) groups excluding carboxylic acids is 1. The minimum atomic E-state index is -0.178. The molecule has 1 saturated heterocycles. The second-order valence-corrected chi connectivity index (χ2v) is 8.46. The maximum Gasteiger partial charge on any atom is 0.134 e.